The second-order valence-electron chi connectivity index (χ2n) is 5.69. The summed E-state index contributed by atoms with van der Waals surface area (Å²) in [5.41, 5.74) is 2.39. The largest absolute Gasteiger partial charge is 0.321 e. The average molecular weight is 367 g/mol. The number of benzene rings is 1. The molecule has 1 amide bonds. The van der Waals surface area contributed by atoms with Gasteiger partial charge in [0.15, 0.2) is 5.16 Å². The van der Waals surface area contributed by atoms with Crippen LogP contribution in [0.1, 0.15) is 21.9 Å². The van der Waals surface area contributed by atoms with Gasteiger partial charge >= 0.3 is 0 Å². The Hall–Kier alpha value is -3.00. The van der Waals surface area contributed by atoms with Crippen LogP contribution >= 0.6 is 11.8 Å². The van der Waals surface area contributed by atoms with E-state index in [0.29, 0.717) is 10.8 Å². The van der Waals surface area contributed by atoms with Crippen molar-refractivity contribution in [1.29, 1.82) is 0 Å². The van der Waals surface area contributed by atoms with E-state index in [4.69, 9.17) is 0 Å². The number of aryl methyl sites for hydroxylation is 3. The van der Waals surface area contributed by atoms with Crippen LogP contribution in [0.25, 0.3) is 0 Å². The molecule has 0 saturated heterocycles. The highest BCUT2D eigenvalue weighted by atomic mass is 32.2. The lowest BCUT2D eigenvalue weighted by atomic mass is 10.3. The van der Waals surface area contributed by atoms with Gasteiger partial charge in [-0.15, -0.1) is 0 Å². The second-order valence-corrected chi connectivity index (χ2v) is 6.73. The molecule has 3 aromatic rings. The zero-order valence-electron chi connectivity index (χ0n) is 14.6. The maximum atomic E-state index is 12.2. The molecule has 0 aliphatic heterocycles. The molecule has 2 aromatic heterocycles. The van der Waals surface area contributed by atoms with E-state index < -0.39 is 0 Å². The summed E-state index contributed by atoms with van der Waals surface area (Å²) in [7, 11) is 1.50. The lowest BCUT2D eigenvalue weighted by molar-refractivity contribution is 0.102. The van der Waals surface area contributed by atoms with Crippen molar-refractivity contribution in [1.82, 2.24) is 19.7 Å². The predicted molar refractivity (Wildman–Crippen MR) is 99.5 cm³/mol. The molecule has 0 atom stereocenters. The molecule has 132 valence electrons. The standard InChI is InChI=1S/C18H17N5O2S/c1-11-10-12(2)20-18(19-11)26-14-6-4-13(5-7-14)21-17(25)15-8-9-16(24)23(3)22-15/h4-10H,1-3H3,(H,21,25). The zero-order chi connectivity index (χ0) is 18.7. The molecule has 0 spiro atoms. The molecule has 7 nitrogen and oxygen atoms in total. The number of aromatic nitrogens is 4. The highest BCUT2D eigenvalue weighted by Gasteiger charge is 2.09. The van der Waals surface area contributed by atoms with Gasteiger partial charge in [0.2, 0.25) is 0 Å². The quantitative estimate of drug-likeness (QED) is 0.713. The van der Waals surface area contributed by atoms with Gasteiger partial charge in [-0.25, -0.2) is 14.6 Å². The fourth-order valence-electron chi connectivity index (χ4n) is 2.27. The van der Waals surface area contributed by atoms with E-state index in [1.54, 1.807) is 12.1 Å². The minimum absolute atomic E-state index is 0.175. The molecule has 0 unspecified atom stereocenters. The first kappa shape index (κ1) is 17.8. The van der Waals surface area contributed by atoms with E-state index >= 15 is 0 Å². The van der Waals surface area contributed by atoms with Gasteiger partial charge in [-0.2, -0.15) is 5.10 Å². The second kappa shape index (κ2) is 7.49. The highest BCUT2D eigenvalue weighted by molar-refractivity contribution is 7.99. The van der Waals surface area contributed by atoms with Crippen LogP contribution in [0.15, 0.2) is 57.3 Å². The Morgan fingerprint density at radius 3 is 2.31 bits per heavy atom. The minimum Gasteiger partial charge on any atom is -0.321 e. The van der Waals surface area contributed by atoms with Gasteiger partial charge in [0.25, 0.3) is 11.5 Å². The summed E-state index contributed by atoms with van der Waals surface area (Å²) in [6.07, 6.45) is 0. The van der Waals surface area contributed by atoms with Crippen molar-refractivity contribution in [2.45, 2.75) is 23.9 Å². The summed E-state index contributed by atoms with van der Waals surface area (Å²) in [5, 5.41) is 7.38. The summed E-state index contributed by atoms with van der Waals surface area (Å²) >= 11 is 1.46. The monoisotopic (exact) mass is 367 g/mol. The van der Waals surface area contributed by atoms with E-state index in [-0.39, 0.29) is 17.2 Å². The molecule has 1 N–H and O–H groups in total. The topological polar surface area (TPSA) is 89.8 Å². The molecule has 0 aliphatic carbocycles. The normalized spacial score (nSPS) is 10.6. The Kier molecular flexibility index (Phi) is 5.13. The molecular weight excluding hydrogens is 350 g/mol. The fourth-order valence-corrected chi connectivity index (χ4v) is 3.13. The third-order valence-corrected chi connectivity index (χ3v) is 4.35. The minimum atomic E-state index is -0.376. The van der Waals surface area contributed by atoms with E-state index in [9.17, 15) is 9.59 Å². The Bertz CT molecular complexity index is 995. The number of rotatable bonds is 4. The molecule has 0 radical (unpaired) electrons. The summed E-state index contributed by atoms with van der Waals surface area (Å²) < 4.78 is 1.12. The molecule has 0 bridgehead atoms. The van der Waals surface area contributed by atoms with Crippen molar-refractivity contribution in [3.05, 3.63) is 69.9 Å². The van der Waals surface area contributed by atoms with Gasteiger partial charge in [0, 0.05) is 35.1 Å². The molecule has 0 saturated carbocycles. The SMILES string of the molecule is Cc1cc(C)nc(Sc2ccc(NC(=O)c3ccc(=O)n(C)n3)cc2)n1. The predicted octanol–water partition coefficient (Wildman–Crippen LogP) is 2.59. The zero-order valence-corrected chi connectivity index (χ0v) is 15.4. The number of hydrogen-bond donors (Lipinski definition) is 1. The number of carbonyl (C=O) groups excluding carboxylic acids is 1. The van der Waals surface area contributed by atoms with Crippen molar-refractivity contribution >= 4 is 23.4 Å². The summed E-state index contributed by atoms with van der Waals surface area (Å²) in [4.78, 5) is 33.3. The van der Waals surface area contributed by atoms with Crippen molar-refractivity contribution in [3.63, 3.8) is 0 Å². The molecule has 1 aromatic carbocycles. The molecule has 0 aliphatic rings. The van der Waals surface area contributed by atoms with Gasteiger partial charge in [0.1, 0.15) is 5.69 Å². The van der Waals surface area contributed by atoms with E-state index in [1.807, 2.05) is 32.0 Å². The molecule has 2 heterocycles. The third-order valence-electron chi connectivity index (χ3n) is 3.48. The summed E-state index contributed by atoms with van der Waals surface area (Å²) in [5.74, 6) is -0.376. The Balaban J connectivity index is 1.70. The van der Waals surface area contributed by atoms with E-state index in [2.05, 4.69) is 20.4 Å². The Labute approximate surface area is 154 Å². The number of nitrogens with one attached hydrogen (secondary N) is 1. The van der Waals surface area contributed by atoms with Crippen LogP contribution in [0.4, 0.5) is 5.69 Å². The number of hydrogen-bond acceptors (Lipinski definition) is 6. The van der Waals surface area contributed by atoms with E-state index in [1.165, 1.54) is 30.9 Å². The smallest absolute Gasteiger partial charge is 0.276 e. The van der Waals surface area contributed by atoms with Gasteiger partial charge in [-0.3, -0.25) is 9.59 Å². The van der Waals surface area contributed by atoms with Crippen LogP contribution < -0.4 is 10.9 Å². The van der Waals surface area contributed by atoms with Gasteiger partial charge in [-0.1, -0.05) is 0 Å². The number of carbonyl (C=O) groups is 1. The van der Waals surface area contributed by atoms with Crippen molar-refractivity contribution in [2.24, 2.45) is 7.05 Å². The van der Waals surface area contributed by atoms with Crippen LogP contribution in [0.2, 0.25) is 0 Å². The third kappa shape index (κ3) is 4.34. The first-order valence-electron chi connectivity index (χ1n) is 7.86. The van der Waals surface area contributed by atoms with Gasteiger partial charge in [-0.05, 0) is 62.0 Å². The van der Waals surface area contributed by atoms with Gasteiger partial charge in [0.05, 0.1) is 0 Å². The first-order valence-corrected chi connectivity index (χ1v) is 8.68. The molecule has 0 fully saturated rings. The molecular formula is C18H17N5O2S. The van der Waals surface area contributed by atoms with Crippen LogP contribution in [0, 0.1) is 13.8 Å². The van der Waals surface area contributed by atoms with Gasteiger partial charge < -0.3 is 5.32 Å². The van der Waals surface area contributed by atoms with Crippen LogP contribution in [0.5, 0.6) is 0 Å². The molecule has 26 heavy (non-hydrogen) atoms. The van der Waals surface area contributed by atoms with E-state index in [0.717, 1.165) is 21.0 Å². The maximum Gasteiger partial charge on any atom is 0.276 e. The van der Waals surface area contributed by atoms with Crippen LogP contribution in [-0.4, -0.2) is 25.7 Å². The molecule has 8 heteroatoms. The van der Waals surface area contributed by atoms with Crippen molar-refractivity contribution < 1.29 is 4.79 Å². The van der Waals surface area contributed by atoms with Crippen molar-refractivity contribution in [2.75, 3.05) is 5.32 Å². The highest BCUT2D eigenvalue weighted by Crippen LogP contribution is 2.26. The molecule has 3 rings (SSSR count). The first-order chi connectivity index (χ1) is 12.4. The number of amides is 1. The number of anilines is 1. The Morgan fingerprint density at radius 1 is 1.04 bits per heavy atom. The number of nitrogens with zero attached hydrogens (tertiary/aromatic N) is 4. The van der Waals surface area contributed by atoms with Crippen LogP contribution in [-0.2, 0) is 7.05 Å². The summed E-state index contributed by atoms with van der Waals surface area (Å²) in [6, 6.07) is 12.0. The lowest BCUT2D eigenvalue weighted by Crippen LogP contribution is -2.23. The average Bonchev–Trinajstić information content (AvgIpc) is 2.58. The van der Waals surface area contributed by atoms with Crippen molar-refractivity contribution in [3.8, 4) is 0 Å². The fraction of sp³-hybridized carbons (Fsp3) is 0.167. The maximum absolute atomic E-state index is 12.2. The Morgan fingerprint density at radius 2 is 1.69 bits per heavy atom. The summed E-state index contributed by atoms with van der Waals surface area (Å²) in [6.45, 7) is 3.87. The lowest BCUT2D eigenvalue weighted by Gasteiger charge is -2.07. The van der Waals surface area contributed by atoms with Crippen LogP contribution in [0.3, 0.4) is 0 Å².